The molecule has 0 saturated heterocycles. The van der Waals surface area contributed by atoms with Crippen molar-refractivity contribution in [2.24, 2.45) is 5.73 Å². The molecule has 0 amide bonds. The van der Waals surface area contributed by atoms with Crippen molar-refractivity contribution in [3.05, 3.63) is 87.9 Å². The lowest BCUT2D eigenvalue weighted by atomic mass is 9.80. The first-order chi connectivity index (χ1) is 17.7. The number of hydrogen-bond donors (Lipinski definition) is 2. The summed E-state index contributed by atoms with van der Waals surface area (Å²) in [4.78, 5) is 27.2. The molecule has 1 aliphatic rings. The summed E-state index contributed by atoms with van der Waals surface area (Å²) in [5.74, 6) is -3.75. The molecule has 0 spiro atoms. The fraction of sp³-hybridized carbons (Fsp3) is 0.296. The molecule has 0 aliphatic carbocycles. The van der Waals surface area contributed by atoms with E-state index in [1.807, 2.05) is 6.07 Å². The van der Waals surface area contributed by atoms with Crippen molar-refractivity contribution < 1.29 is 32.6 Å². The molecule has 7 nitrogen and oxygen atoms in total. The van der Waals surface area contributed by atoms with Gasteiger partial charge in [-0.15, -0.1) is 0 Å². The van der Waals surface area contributed by atoms with Crippen LogP contribution in [0.25, 0.3) is 0 Å². The Balaban J connectivity index is 2.24. The molecule has 38 heavy (non-hydrogen) atoms. The summed E-state index contributed by atoms with van der Waals surface area (Å²) < 4.78 is 45.9. The molecule has 0 bridgehead atoms. The summed E-state index contributed by atoms with van der Waals surface area (Å²) in [5.41, 5.74) is 5.68. The fourth-order valence-electron chi connectivity index (χ4n) is 4.19. The van der Waals surface area contributed by atoms with E-state index in [0.29, 0.717) is 17.2 Å². The third-order valence-corrected chi connectivity index (χ3v) is 7.86. The lowest BCUT2D eigenvalue weighted by Crippen LogP contribution is -2.39. The normalized spacial score (nSPS) is 16.4. The minimum absolute atomic E-state index is 0.0562. The highest BCUT2D eigenvalue weighted by molar-refractivity contribution is 6.76. The third-order valence-electron chi connectivity index (χ3n) is 6.16. The first-order valence-corrected chi connectivity index (χ1v) is 15.4. The maximum absolute atomic E-state index is 13.5. The molecule has 1 atom stereocenters. The zero-order chi connectivity index (χ0) is 28.4. The van der Waals surface area contributed by atoms with Gasteiger partial charge in [-0.25, -0.2) is 9.59 Å². The first-order valence-electron chi connectivity index (χ1n) is 11.7. The van der Waals surface area contributed by atoms with Gasteiger partial charge >= 0.3 is 18.1 Å². The molecule has 1 unspecified atom stereocenters. The summed E-state index contributed by atoms with van der Waals surface area (Å²) in [6, 6.07) is 12.9. The largest absolute Gasteiger partial charge is 0.478 e. The number of rotatable bonds is 7. The topological polar surface area (TPSA) is 117 Å². The molecule has 200 valence electrons. The molecule has 11 heteroatoms. The summed E-state index contributed by atoms with van der Waals surface area (Å²) in [7, 11) is -1.58. The number of carboxylic acid groups (broad SMARTS) is 1. The number of nitrogens with two attached hydrogens (primary N) is 1. The molecule has 1 heterocycles. The number of alkyl halides is 3. The lowest BCUT2D eigenvalue weighted by Gasteiger charge is -2.37. The molecule has 2 aromatic carbocycles. The highest BCUT2D eigenvalue weighted by Gasteiger charge is 2.42. The van der Waals surface area contributed by atoms with E-state index >= 15 is 0 Å². The number of carboxylic acids is 1. The summed E-state index contributed by atoms with van der Waals surface area (Å²) in [6.07, 6.45) is -4.65. The number of halogens is 3. The number of anilines is 1. The van der Waals surface area contributed by atoms with Crippen LogP contribution in [0, 0.1) is 11.3 Å². The van der Waals surface area contributed by atoms with E-state index < -0.39 is 43.2 Å². The monoisotopic (exact) mass is 543 g/mol. The Labute approximate surface area is 219 Å². The second kappa shape index (κ2) is 10.7. The number of carbonyl (C=O) groups excluding carboxylic acids is 1. The smallest absolute Gasteiger partial charge is 0.416 e. The van der Waals surface area contributed by atoms with Gasteiger partial charge in [-0.05, 0) is 48.9 Å². The number of hydrogen-bond acceptors (Lipinski definition) is 6. The Morgan fingerprint density at radius 2 is 1.76 bits per heavy atom. The summed E-state index contributed by atoms with van der Waals surface area (Å²) in [5, 5.41) is 19.4. The lowest BCUT2D eigenvalue weighted by molar-refractivity contribution is -0.139. The number of ether oxygens (including phenoxy) is 1. The summed E-state index contributed by atoms with van der Waals surface area (Å²) >= 11 is 0. The average molecular weight is 544 g/mol. The second-order valence-corrected chi connectivity index (χ2v) is 15.7. The van der Waals surface area contributed by atoms with Crippen LogP contribution >= 0.6 is 0 Å². The van der Waals surface area contributed by atoms with E-state index in [-0.39, 0.29) is 29.4 Å². The van der Waals surface area contributed by atoms with Crippen LogP contribution in [0.1, 0.15) is 29.5 Å². The van der Waals surface area contributed by atoms with E-state index in [2.05, 4.69) is 19.6 Å². The number of carbonyl (C=O) groups is 2. The van der Waals surface area contributed by atoms with Crippen molar-refractivity contribution in [3.63, 3.8) is 0 Å². The fourth-order valence-corrected chi connectivity index (χ4v) is 4.90. The molecular weight excluding hydrogens is 515 g/mol. The predicted molar refractivity (Wildman–Crippen MR) is 138 cm³/mol. The number of esters is 1. The van der Waals surface area contributed by atoms with Crippen molar-refractivity contribution in [2.45, 2.75) is 44.7 Å². The highest BCUT2D eigenvalue weighted by Crippen LogP contribution is 2.44. The van der Waals surface area contributed by atoms with Crippen molar-refractivity contribution in [2.75, 3.05) is 11.5 Å². The van der Waals surface area contributed by atoms with Gasteiger partial charge in [0.05, 0.1) is 40.9 Å². The zero-order valence-corrected chi connectivity index (χ0v) is 22.4. The van der Waals surface area contributed by atoms with Crippen molar-refractivity contribution >= 4 is 25.7 Å². The maximum Gasteiger partial charge on any atom is 0.416 e. The Kier molecular flexibility index (Phi) is 8.07. The molecule has 0 fully saturated rings. The van der Waals surface area contributed by atoms with Crippen LogP contribution in [0.3, 0.4) is 0 Å². The van der Waals surface area contributed by atoms with Crippen LogP contribution in [0.5, 0.6) is 0 Å². The number of nitrogens with zero attached hydrogens (tertiary/aromatic N) is 2. The van der Waals surface area contributed by atoms with E-state index in [0.717, 1.165) is 17.0 Å². The Morgan fingerprint density at radius 1 is 1.13 bits per heavy atom. The van der Waals surface area contributed by atoms with Crippen LogP contribution in [0.4, 0.5) is 18.9 Å². The van der Waals surface area contributed by atoms with Crippen molar-refractivity contribution in [3.8, 4) is 6.07 Å². The maximum atomic E-state index is 13.5. The van der Waals surface area contributed by atoms with Crippen molar-refractivity contribution in [1.29, 1.82) is 5.26 Å². The Morgan fingerprint density at radius 3 is 2.29 bits per heavy atom. The first kappa shape index (κ1) is 28.5. The number of nitriles is 1. The van der Waals surface area contributed by atoms with Gasteiger partial charge in [0.1, 0.15) is 5.82 Å². The third kappa shape index (κ3) is 6.08. The number of aliphatic carboxylic acids is 1. The van der Waals surface area contributed by atoms with Crippen LogP contribution in [0.15, 0.2) is 71.2 Å². The standard InChI is InChI=1S/C27H28F3N3O4Si/c1-16-21(26(36)37-12-13-38(2,3)4)22(18-10-8-17(15-31)9-11-18)23(25(34)35)24(32)33(16)20-7-5-6-19(14-20)27(28,29)30/h5-11,14,22H,12-13,32H2,1-4H3,(H,34,35). The molecule has 2 aromatic rings. The molecule has 3 N–H and O–H groups in total. The van der Waals surface area contributed by atoms with Gasteiger partial charge in [-0.1, -0.05) is 37.8 Å². The quantitative estimate of drug-likeness (QED) is 0.345. The van der Waals surface area contributed by atoms with Gasteiger partial charge < -0.3 is 20.5 Å². The van der Waals surface area contributed by atoms with Crippen LogP contribution in [-0.2, 0) is 20.5 Å². The highest BCUT2D eigenvalue weighted by atomic mass is 28.3. The predicted octanol–water partition coefficient (Wildman–Crippen LogP) is 5.59. The second-order valence-electron chi connectivity index (χ2n) is 10.1. The zero-order valence-electron chi connectivity index (χ0n) is 21.4. The van der Waals surface area contributed by atoms with E-state index in [1.54, 1.807) is 0 Å². The van der Waals surface area contributed by atoms with Crippen molar-refractivity contribution in [1.82, 2.24) is 0 Å². The molecule has 0 radical (unpaired) electrons. The molecule has 1 aliphatic heterocycles. The van der Waals surface area contributed by atoms with Crippen LogP contribution in [-0.4, -0.2) is 31.7 Å². The van der Waals surface area contributed by atoms with Gasteiger partial charge in [0.25, 0.3) is 0 Å². The van der Waals surface area contributed by atoms with Crippen LogP contribution in [0.2, 0.25) is 25.7 Å². The minimum atomic E-state index is -4.65. The van der Waals surface area contributed by atoms with E-state index in [9.17, 15) is 27.9 Å². The average Bonchev–Trinajstić information content (AvgIpc) is 2.82. The molecule has 0 aromatic heterocycles. The number of allylic oxidation sites excluding steroid dienone is 1. The van der Waals surface area contributed by atoms with Gasteiger partial charge in [0.2, 0.25) is 0 Å². The molecule has 0 saturated carbocycles. The Bertz CT molecular complexity index is 1350. The van der Waals surface area contributed by atoms with E-state index in [4.69, 9.17) is 15.7 Å². The van der Waals surface area contributed by atoms with Gasteiger partial charge in [-0.3, -0.25) is 0 Å². The van der Waals surface area contributed by atoms with Crippen LogP contribution < -0.4 is 10.6 Å². The molecule has 3 rings (SSSR count). The SMILES string of the molecule is CC1=C(C(=O)OCC[Si](C)(C)C)C(c2ccc(C#N)cc2)C(C(=O)O)=C(N)N1c1cccc(C(F)(F)F)c1. The van der Waals surface area contributed by atoms with E-state index in [1.165, 1.54) is 43.3 Å². The van der Waals surface area contributed by atoms with Gasteiger partial charge in [0.15, 0.2) is 0 Å². The summed E-state index contributed by atoms with van der Waals surface area (Å²) in [6.45, 7) is 7.90. The minimum Gasteiger partial charge on any atom is -0.478 e. The van der Waals surface area contributed by atoms with Gasteiger partial charge in [-0.2, -0.15) is 18.4 Å². The van der Waals surface area contributed by atoms with Gasteiger partial charge in [0, 0.05) is 19.5 Å². The number of benzene rings is 2. The molecular formula is C27H28F3N3O4Si. The Hall–Kier alpha value is -4.04.